The quantitative estimate of drug-likeness (QED) is 0.744. The van der Waals surface area contributed by atoms with E-state index < -0.39 is 47.3 Å². The fraction of sp³-hybridized carbons (Fsp3) is 0.440. The van der Waals surface area contributed by atoms with E-state index in [1.54, 1.807) is 0 Å². The van der Waals surface area contributed by atoms with E-state index in [0.717, 1.165) is 18.9 Å². The van der Waals surface area contributed by atoms with E-state index in [0.29, 0.717) is 12.0 Å². The van der Waals surface area contributed by atoms with Crippen molar-refractivity contribution in [1.82, 2.24) is 0 Å². The highest BCUT2D eigenvalue weighted by Gasteiger charge is 2.47. The van der Waals surface area contributed by atoms with Crippen molar-refractivity contribution in [3.05, 3.63) is 52.3 Å². The number of allylic oxidation sites excluding steroid dienone is 3. The number of hydrogen-bond donors (Lipinski definition) is 1. The summed E-state index contributed by atoms with van der Waals surface area (Å²) in [6.07, 6.45) is 5.25. The van der Waals surface area contributed by atoms with Crippen LogP contribution in [-0.4, -0.2) is 53.8 Å². The second kappa shape index (κ2) is 8.04. The van der Waals surface area contributed by atoms with Gasteiger partial charge in [-0.25, -0.2) is 0 Å². The maximum Gasteiger partial charge on any atom is 0.228 e. The van der Waals surface area contributed by atoms with Crippen molar-refractivity contribution in [3.63, 3.8) is 0 Å². The topological polar surface area (TPSA) is 116 Å². The summed E-state index contributed by atoms with van der Waals surface area (Å²) in [7, 11) is 1.28. The first-order valence-corrected chi connectivity index (χ1v) is 11.1. The van der Waals surface area contributed by atoms with Gasteiger partial charge in [0.2, 0.25) is 5.78 Å². The monoisotopic (exact) mass is 452 g/mol. The van der Waals surface area contributed by atoms with Crippen LogP contribution in [0.25, 0.3) is 0 Å². The molecule has 1 saturated heterocycles. The minimum Gasteiger partial charge on any atom is -0.506 e. The summed E-state index contributed by atoms with van der Waals surface area (Å²) in [6, 6.07) is 1.46. The van der Waals surface area contributed by atoms with Gasteiger partial charge in [0.05, 0.1) is 24.3 Å². The number of carbonyl (C=O) groups is 4. The molecule has 0 radical (unpaired) electrons. The van der Waals surface area contributed by atoms with Crippen LogP contribution in [0.3, 0.4) is 0 Å². The first-order valence-electron chi connectivity index (χ1n) is 11.1. The van der Waals surface area contributed by atoms with Crippen LogP contribution >= 0.6 is 0 Å². The van der Waals surface area contributed by atoms with Crippen molar-refractivity contribution < 1.29 is 38.5 Å². The number of methoxy groups -OCH3 is 1. The number of phenolic OH excluding ortho intramolecular Hbond substituents is 1. The molecule has 0 aromatic heterocycles. The van der Waals surface area contributed by atoms with Gasteiger partial charge in [-0.1, -0.05) is 6.08 Å². The van der Waals surface area contributed by atoms with Crippen LogP contribution in [0.5, 0.6) is 5.75 Å². The van der Waals surface area contributed by atoms with Gasteiger partial charge in [-0.2, -0.15) is 0 Å². The molecule has 0 bridgehead atoms. The molecule has 33 heavy (non-hydrogen) atoms. The van der Waals surface area contributed by atoms with Crippen molar-refractivity contribution in [1.29, 1.82) is 0 Å². The van der Waals surface area contributed by atoms with E-state index >= 15 is 0 Å². The number of hydrogen-bond acceptors (Lipinski definition) is 8. The summed E-state index contributed by atoms with van der Waals surface area (Å²) in [5.74, 6) is -3.62. The van der Waals surface area contributed by atoms with Crippen LogP contribution < -0.4 is 0 Å². The fourth-order valence-corrected chi connectivity index (χ4v) is 5.30. The van der Waals surface area contributed by atoms with Crippen molar-refractivity contribution >= 4 is 23.1 Å². The van der Waals surface area contributed by atoms with Crippen molar-refractivity contribution in [2.75, 3.05) is 7.11 Å². The summed E-state index contributed by atoms with van der Waals surface area (Å²) in [5, 5.41) is 10.9. The molecule has 4 aliphatic rings. The number of aromatic hydroxyl groups is 1. The zero-order valence-corrected chi connectivity index (χ0v) is 18.3. The summed E-state index contributed by atoms with van der Waals surface area (Å²) in [6.45, 7) is 1.95. The normalized spacial score (nSPS) is 31.0. The SMILES string of the molecule is COC1=CC(=O)c2c(cc3c(c2O)C(=O)C2C=CC(=O)C(OC4CCCC(C)O4)C2C3)C1=O. The van der Waals surface area contributed by atoms with Crippen LogP contribution in [0.15, 0.2) is 30.1 Å². The van der Waals surface area contributed by atoms with E-state index in [1.165, 1.54) is 25.3 Å². The van der Waals surface area contributed by atoms with E-state index in [1.807, 2.05) is 6.92 Å². The Labute approximate surface area is 190 Å². The predicted molar refractivity (Wildman–Crippen MR) is 114 cm³/mol. The van der Waals surface area contributed by atoms with E-state index in [4.69, 9.17) is 14.2 Å². The molecular formula is C25H24O8. The van der Waals surface area contributed by atoms with E-state index in [-0.39, 0.29) is 40.8 Å². The highest BCUT2D eigenvalue weighted by Crippen LogP contribution is 2.44. The summed E-state index contributed by atoms with van der Waals surface area (Å²) < 4.78 is 16.9. The number of carbonyl (C=O) groups excluding carboxylic acids is 4. The molecule has 0 spiro atoms. The average Bonchev–Trinajstić information content (AvgIpc) is 2.78. The number of phenols is 1. The Morgan fingerprint density at radius 3 is 2.64 bits per heavy atom. The molecule has 5 unspecified atom stereocenters. The second-order valence-electron chi connectivity index (χ2n) is 8.97. The summed E-state index contributed by atoms with van der Waals surface area (Å²) >= 11 is 0. The third-order valence-corrected chi connectivity index (χ3v) is 6.92. The van der Waals surface area contributed by atoms with Gasteiger partial charge in [0.25, 0.3) is 0 Å². The smallest absolute Gasteiger partial charge is 0.228 e. The van der Waals surface area contributed by atoms with Crippen molar-refractivity contribution in [2.24, 2.45) is 11.8 Å². The summed E-state index contributed by atoms with van der Waals surface area (Å²) in [4.78, 5) is 51.5. The Hall–Kier alpha value is -3.10. The molecule has 1 aromatic carbocycles. The lowest BCUT2D eigenvalue weighted by Crippen LogP contribution is -2.47. The number of ether oxygens (including phenoxy) is 3. The zero-order chi connectivity index (χ0) is 23.4. The Bertz CT molecular complexity index is 1140. The molecule has 1 aliphatic heterocycles. The van der Waals surface area contributed by atoms with E-state index in [9.17, 15) is 24.3 Å². The third kappa shape index (κ3) is 3.45. The zero-order valence-electron chi connectivity index (χ0n) is 18.3. The van der Waals surface area contributed by atoms with Gasteiger partial charge in [0.15, 0.2) is 29.4 Å². The van der Waals surface area contributed by atoms with Crippen molar-refractivity contribution in [2.45, 2.75) is 51.1 Å². The maximum atomic E-state index is 13.4. The first-order chi connectivity index (χ1) is 15.8. The molecule has 1 fully saturated rings. The minimum atomic E-state index is -0.877. The van der Waals surface area contributed by atoms with Crippen LogP contribution in [0, 0.1) is 11.8 Å². The molecule has 8 nitrogen and oxygen atoms in total. The fourth-order valence-electron chi connectivity index (χ4n) is 5.30. The molecule has 172 valence electrons. The lowest BCUT2D eigenvalue weighted by molar-refractivity contribution is -0.219. The lowest BCUT2D eigenvalue weighted by Gasteiger charge is -2.40. The highest BCUT2D eigenvalue weighted by atomic mass is 16.7. The Kier molecular flexibility index (Phi) is 5.29. The van der Waals surface area contributed by atoms with E-state index in [2.05, 4.69) is 0 Å². The molecule has 0 saturated carbocycles. The van der Waals surface area contributed by atoms with Gasteiger partial charge < -0.3 is 19.3 Å². The van der Waals surface area contributed by atoms with Crippen molar-refractivity contribution in [3.8, 4) is 5.75 Å². The molecule has 1 heterocycles. The lowest BCUT2D eigenvalue weighted by atomic mass is 9.68. The van der Waals surface area contributed by atoms with Crippen LogP contribution in [-0.2, 0) is 25.4 Å². The first kappa shape index (κ1) is 21.7. The van der Waals surface area contributed by atoms with Gasteiger partial charge in [0.1, 0.15) is 11.9 Å². The highest BCUT2D eigenvalue weighted by molar-refractivity contribution is 6.26. The van der Waals surface area contributed by atoms with Crippen LogP contribution in [0.4, 0.5) is 0 Å². The maximum absolute atomic E-state index is 13.4. The van der Waals surface area contributed by atoms with Gasteiger partial charge in [-0.05, 0) is 50.3 Å². The third-order valence-electron chi connectivity index (χ3n) is 6.92. The molecule has 3 aliphatic carbocycles. The predicted octanol–water partition coefficient (Wildman–Crippen LogP) is 2.71. The molecule has 5 rings (SSSR count). The van der Waals surface area contributed by atoms with Gasteiger partial charge >= 0.3 is 0 Å². The minimum absolute atomic E-state index is 0.0126. The van der Waals surface area contributed by atoms with Gasteiger partial charge in [-0.3, -0.25) is 19.2 Å². The molecule has 1 aromatic rings. The Balaban J connectivity index is 1.54. The number of ketones is 4. The number of fused-ring (bicyclic) bond motifs is 3. The van der Waals surface area contributed by atoms with Gasteiger partial charge in [0, 0.05) is 23.5 Å². The molecule has 8 heteroatoms. The molecule has 1 N–H and O–H groups in total. The van der Waals surface area contributed by atoms with Crippen LogP contribution in [0.2, 0.25) is 0 Å². The average molecular weight is 452 g/mol. The standard InChI is InChI=1S/C25H24O8/c1-11-4-3-5-19(32-11)33-25-14-8-12-9-15-21(17(27)10-18(31-2)22(15)28)24(30)20(12)23(29)13(14)6-7-16(25)26/h6-7,9-11,13-14,19,25,30H,3-5,8H2,1-2H3. The molecule has 0 amide bonds. The summed E-state index contributed by atoms with van der Waals surface area (Å²) in [5.41, 5.74) is 0.220. The molecule has 5 atom stereocenters. The Morgan fingerprint density at radius 1 is 1.12 bits per heavy atom. The number of rotatable bonds is 3. The Morgan fingerprint density at radius 2 is 1.91 bits per heavy atom. The molecular weight excluding hydrogens is 428 g/mol. The van der Waals surface area contributed by atoms with Gasteiger partial charge in [-0.15, -0.1) is 0 Å². The largest absolute Gasteiger partial charge is 0.506 e. The second-order valence-corrected chi connectivity index (χ2v) is 8.97. The number of benzene rings is 1. The van der Waals surface area contributed by atoms with Crippen LogP contribution in [0.1, 0.15) is 62.8 Å². The number of Topliss-reactive ketones (excluding diaryl/α,β-unsaturated/α-hetero) is 2.